The molecule has 0 saturated carbocycles. The molecule has 0 fully saturated rings. The van der Waals surface area contributed by atoms with Crippen LogP contribution < -0.4 is 5.32 Å². The molecular weight excluding hydrogens is 400 g/mol. The molecule has 0 unspecified atom stereocenters. The maximum atomic E-state index is 12.9. The van der Waals surface area contributed by atoms with E-state index in [1.165, 1.54) is 6.33 Å². The molecule has 0 saturated heterocycles. The lowest BCUT2D eigenvalue weighted by molar-refractivity contribution is 0.0939. The summed E-state index contributed by atoms with van der Waals surface area (Å²) in [6, 6.07) is 17.5. The Hall–Kier alpha value is -3.45. The van der Waals surface area contributed by atoms with Gasteiger partial charge in [-0.25, -0.2) is 14.3 Å². The van der Waals surface area contributed by atoms with Gasteiger partial charge in [-0.2, -0.15) is 10.2 Å². The van der Waals surface area contributed by atoms with Crippen molar-refractivity contribution >= 4 is 17.5 Å². The lowest BCUT2D eigenvalue weighted by Crippen LogP contribution is -2.27. The van der Waals surface area contributed by atoms with Crippen molar-refractivity contribution in [2.24, 2.45) is 0 Å². The van der Waals surface area contributed by atoms with Gasteiger partial charge < -0.3 is 5.32 Å². The molecule has 0 aliphatic carbocycles. The molecule has 1 atom stereocenters. The summed E-state index contributed by atoms with van der Waals surface area (Å²) >= 11 is 6.51. The third-order valence-electron chi connectivity index (χ3n) is 4.89. The summed E-state index contributed by atoms with van der Waals surface area (Å²) in [6.07, 6.45) is 3.12. The van der Waals surface area contributed by atoms with Crippen molar-refractivity contribution in [1.82, 2.24) is 29.9 Å². The molecule has 7 nitrogen and oxygen atoms in total. The van der Waals surface area contributed by atoms with Crippen LogP contribution in [0.3, 0.4) is 0 Å². The number of hydrogen-bond donors (Lipinski definition) is 1. The molecule has 8 heteroatoms. The molecule has 1 N–H and O–H groups in total. The second-order valence-electron chi connectivity index (χ2n) is 7.02. The summed E-state index contributed by atoms with van der Waals surface area (Å²) in [4.78, 5) is 16.9. The standard InChI is InChI=1S/C22H21ClN6O/c1-15(18-8-10-19(11-9-18)29-14-24-13-25-29)26-22(30)20-16(2)27-28(21(20)23)12-17-6-4-3-5-7-17/h3-11,13-15H,12H2,1-2H3,(H,26,30)/t15-/m0/s1. The van der Waals surface area contributed by atoms with E-state index >= 15 is 0 Å². The van der Waals surface area contributed by atoms with E-state index in [1.54, 1.807) is 22.6 Å². The van der Waals surface area contributed by atoms with Crippen molar-refractivity contribution in [3.05, 3.63) is 94.8 Å². The third kappa shape index (κ3) is 4.11. The zero-order chi connectivity index (χ0) is 21.1. The highest BCUT2D eigenvalue weighted by molar-refractivity contribution is 6.33. The molecule has 152 valence electrons. The van der Waals surface area contributed by atoms with Crippen LogP contribution in [0.25, 0.3) is 5.69 Å². The Balaban J connectivity index is 1.48. The summed E-state index contributed by atoms with van der Waals surface area (Å²) in [5, 5.41) is 11.9. The molecule has 4 aromatic rings. The number of aryl methyl sites for hydroxylation is 1. The Kier molecular flexibility index (Phi) is 5.63. The smallest absolute Gasteiger partial charge is 0.256 e. The van der Waals surface area contributed by atoms with Crippen molar-refractivity contribution in [3.63, 3.8) is 0 Å². The van der Waals surface area contributed by atoms with Crippen molar-refractivity contribution < 1.29 is 4.79 Å². The van der Waals surface area contributed by atoms with Crippen LogP contribution in [-0.2, 0) is 6.54 Å². The second kappa shape index (κ2) is 8.51. The Labute approximate surface area is 179 Å². The SMILES string of the molecule is Cc1nn(Cc2ccccc2)c(Cl)c1C(=O)N[C@@H](C)c1ccc(-n2cncn2)cc1. The summed E-state index contributed by atoms with van der Waals surface area (Å²) in [5.41, 5.74) is 3.93. The third-order valence-corrected chi connectivity index (χ3v) is 5.28. The van der Waals surface area contributed by atoms with Gasteiger partial charge in [-0.3, -0.25) is 4.79 Å². The largest absolute Gasteiger partial charge is 0.345 e. The van der Waals surface area contributed by atoms with E-state index in [2.05, 4.69) is 20.5 Å². The molecule has 0 radical (unpaired) electrons. The number of nitrogens with zero attached hydrogens (tertiary/aromatic N) is 5. The first-order valence-electron chi connectivity index (χ1n) is 9.55. The number of halogens is 1. The Morgan fingerprint density at radius 2 is 1.87 bits per heavy atom. The topological polar surface area (TPSA) is 77.6 Å². The van der Waals surface area contributed by atoms with Crippen LogP contribution in [0.1, 0.15) is 40.1 Å². The average molecular weight is 421 g/mol. The average Bonchev–Trinajstić information content (AvgIpc) is 3.37. The Morgan fingerprint density at radius 3 is 2.53 bits per heavy atom. The molecule has 2 aromatic carbocycles. The van der Waals surface area contributed by atoms with E-state index in [1.807, 2.05) is 61.5 Å². The normalized spacial score (nSPS) is 12.0. The summed E-state index contributed by atoms with van der Waals surface area (Å²) in [7, 11) is 0. The predicted octanol–water partition coefficient (Wildman–Crippen LogP) is 3.96. The fraction of sp³-hybridized carbons (Fsp3) is 0.182. The molecule has 0 aliphatic heterocycles. The number of hydrogen-bond acceptors (Lipinski definition) is 4. The van der Waals surface area contributed by atoms with Crippen molar-refractivity contribution in [1.29, 1.82) is 0 Å². The fourth-order valence-corrected chi connectivity index (χ4v) is 3.60. The molecule has 0 bridgehead atoms. The highest BCUT2D eigenvalue weighted by Gasteiger charge is 2.22. The minimum atomic E-state index is -0.246. The number of amides is 1. The van der Waals surface area contributed by atoms with E-state index in [0.29, 0.717) is 23.0 Å². The first kappa shape index (κ1) is 19.8. The van der Waals surface area contributed by atoms with Crippen LogP contribution >= 0.6 is 11.6 Å². The lowest BCUT2D eigenvalue weighted by atomic mass is 10.1. The van der Waals surface area contributed by atoms with Crippen molar-refractivity contribution in [2.45, 2.75) is 26.4 Å². The molecule has 1 amide bonds. The first-order chi connectivity index (χ1) is 14.5. The van der Waals surface area contributed by atoms with Crippen molar-refractivity contribution in [3.8, 4) is 5.69 Å². The maximum Gasteiger partial charge on any atom is 0.256 e. The van der Waals surface area contributed by atoms with Gasteiger partial charge in [0.1, 0.15) is 17.8 Å². The van der Waals surface area contributed by atoms with Crippen molar-refractivity contribution in [2.75, 3.05) is 0 Å². The lowest BCUT2D eigenvalue weighted by Gasteiger charge is -2.15. The maximum absolute atomic E-state index is 12.9. The zero-order valence-corrected chi connectivity index (χ0v) is 17.4. The summed E-state index contributed by atoms with van der Waals surface area (Å²) in [6.45, 7) is 4.23. The van der Waals surface area contributed by atoms with Crippen LogP contribution in [0, 0.1) is 6.92 Å². The van der Waals surface area contributed by atoms with Crippen LogP contribution in [-0.4, -0.2) is 30.5 Å². The van der Waals surface area contributed by atoms with Gasteiger partial charge in [0.2, 0.25) is 0 Å². The van der Waals surface area contributed by atoms with Crippen LogP contribution in [0.15, 0.2) is 67.3 Å². The van der Waals surface area contributed by atoms with Gasteiger partial charge in [0.15, 0.2) is 0 Å². The van der Waals surface area contributed by atoms with E-state index < -0.39 is 0 Å². The first-order valence-corrected chi connectivity index (χ1v) is 9.93. The number of benzene rings is 2. The molecule has 0 spiro atoms. The number of carbonyl (C=O) groups excluding carboxylic acids is 1. The van der Waals surface area contributed by atoms with E-state index in [9.17, 15) is 4.79 Å². The van der Waals surface area contributed by atoms with Gasteiger partial charge in [-0.05, 0) is 37.1 Å². The molecule has 2 heterocycles. The second-order valence-corrected chi connectivity index (χ2v) is 7.38. The Bertz CT molecular complexity index is 1140. The molecule has 4 rings (SSSR count). The molecule has 0 aliphatic rings. The monoisotopic (exact) mass is 420 g/mol. The number of carbonyl (C=O) groups is 1. The van der Waals surface area contributed by atoms with Gasteiger partial charge in [-0.1, -0.05) is 54.1 Å². The van der Waals surface area contributed by atoms with Crippen LogP contribution in [0.4, 0.5) is 0 Å². The van der Waals surface area contributed by atoms with Gasteiger partial charge in [0.05, 0.1) is 29.5 Å². The summed E-state index contributed by atoms with van der Waals surface area (Å²) in [5.74, 6) is -0.246. The Morgan fingerprint density at radius 1 is 1.13 bits per heavy atom. The van der Waals surface area contributed by atoms with E-state index in [-0.39, 0.29) is 11.9 Å². The highest BCUT2D eigenvalue weighted by Crippen LogP contribution is 2.23. The summed E-state index contributed by atoms with van der Waals surface area (Å²) < 4.78 is 3.33. The fourth-order valence-electron chi connectivity index (χ4n) is 3.28. The van der Waals surface area contributed by atoms with Crippen LogP contribution in [0.5, 0.6) is 0 Å². The number of nitrogens with one attached hydrogen (secondary N) is 1. The zero-order valence-electron chi connectivity index (χ0n) is 16.7. The quantitative estimate of drug-likeness (QED) is 0.512. The minimum Gasteiger partial charge on any atom is -0.345 e. The van der Waals surface area contributed by atoms with Gasteiger partial charge >= 0.3 is 0 Å². The minimum absolute atomic E-state index is 0.199. The van der Waals surface area contributed by atoms with Gasteiger partial charge in [0, 0.05) is 0 Å². The van der Waals surface area contributed by atoms with E-state index in [4.69, 9.17) is 11.6 Å². The number of aromatic nitrogens is 5. The molecular formula is C22H21ClN6O. The van der Waals surface area contributed by atoms with Gasteiger partial charge in [-0.15, -0.1) is 0 Å². The predicted molar refractivity (Wildman–Crippen MR) is 115 cm³/mol. The highest BCUT2D eigenvalue weighted by atomic mass is 35.5. The number of rotatable bonds is 6. The molecule has 30 heavy (non-hydrogen) atoms. The van der Waals surface area contributed by atoms with Crippen LogP contribution in [0.2, 0.25) is 5.15 Å². The van der Waals surface area contributed by atoms with Gasteiger partial charge in [0.25, 0.3) is 5.91 Å². The molecule has 2 aromatic heterocycles. The van der Waals surface area contributed by atoms with E-state index in [0.717, 1.165) is 16.8 Å².